The lowest BCUT2D eigenvalue weighted by Crippen LogP contribution is -2.44. The summed E-state index contributed by atoms with van der Waals surface area (Å²) in [6.45, 7) is 1.92. The number of aromatic amines is 1. The fourth-order valence-electron chi connectivity index (χ4n) is 6.14. The maximum Gasteiger partial charge on any atom is 0.262 e. The Balaban J connectivity index is 1.37. The van der Waals surface area contributed by atoms with Crippen molar-refractivity contribution < 1.29 is 23.5 Å². The van der Waals surface area contributed by atoms with Crippen molar-refractivity contribution in [3.8, 4) is 11.1 Å². The normalized spacial score (nSPS) is 19.4. The summed E-state index contributed by atoms with van der Waals surface area (Å²) in [7, 11) is 0. The van der Waals surface area contributed by atoms with Crippen molar-refractivity contribution in [2.45, 2.75) is 25.4 Å². The molecule has 7 heteroatoms. The highest BCUT2D eigenvalue weighted by atomic mass is 19.1. The highest BCUT2D eigenvalue weighted by molar-refractivity contribution is 6.30. The molecule has 2 aliphatic rings. The summed E-state index contributed by atoms with van der Waals surface area (Å²) in [4.78, 5) is 32.8. The zero-order valence-corrected chi connectivity index (χ0v) is 22.0. The van der Waals surface area contributed by atoms with E-state index in [1.807, 2.05) is 43.3 Å². The number of carbonyl (C=O) groups is 2. The van der Waals surface area contributed by atoms with Gasteiger partial charge in [0.2, 0.25) is 0 Å². The van der Waals surface area contributed by atoms with Crippen molar-refractivity contribution in [3.05, 3.63) is 136 Å². The van der Waals surface area contributed by atoms with Crippen LogP contribution in [0.3, 0.4) is 0 Å². The lowest BCUT2D eigenvalue weighted by Gasteiger charge is -2.37. The molecule has 2 atom stereocenters. The van der Waals surface area contributed by atoms with Gasteiger partial charge in [-0.15, -0.1) is 0 Å². The van der Waals surface area contributed by atoms with Gasteiger partial charge >= 0.3 is 0 Å². The van der Waals surface area contributed by atoms with Crippen LogP contribution in [-0.2, 0) is 16.0 Å². The molecule has 3 heterocycles. The van der Waals surface area contributed by atoms with E-state index in [1.54, 1.807) is 41.3 Å². The Hall–Kier alpha value is -5.04. The number of halogens is 2. The molecule has 5 aromatic rings. The van der Waals surface area contributed by atoms with Crippen LogP contribution in [-0.4, -0.2) is 32.7 Å². The zero-order valence-electron chi connectivity index (χ0n) is 22.0. The molecule has 1 saturated heterocycles. The second-order valence-corrected chi connectivity index (χ2v) is 10.6. The van der Waals surface area contributed by atoms with E-state index in [0.717, 1.165) is 39.4 Å². The minimum atomic E-state index is -0.793. The number of rotatable bonds is 3. The molecule has 2 aliphatic heterocycles. The smallest absolute Gasteiger partial charge is 0.262 e. The van der Waals surface area contributed by atoms with Crippen molar-refractivity contribution in [1.29, 1.82) is 0 Å². The fourth-order valence-corrected chi connectivity index (χ4v) is 6.14. The minimum absolute atomic E-state index is 0.217. The number of benzene rings is 4. The van der Waals surface area contributed by atoms with Crippen molar-refractivity contribution in [2.24, 2.45) is 0 Å². The van der Waals surface area contributed by atoms with E-state index in [0.29, 0.717) is 23.1 Å². The number of amides is 1. The van der Waals surface area contributed by atoms with E-state index >= 15 is 0 Å². The van der Waals surface area contributed by atoms with Crippen LogP contribution >= 0.6 is 0 Å². The van der Waals surface area contributed by atoms with E-state index in [4.69, 9.17) is 0 Å². The van der Waals surface area contributed by atoms with Crippen molar-refractivity contribution >= 4 is 28.4 Å². The Morgan fingerprint density at radius 3 is 2.27 bits per heavy atom. The SMILES string of the molecule is Cc1ccc(/C(O)=C2\C(=O)[C@@H]3Cc4c([nH]c5ccccc45)[C@@H](c4ccc(-c5cc(F)cc(F)c5)cc4)N3C2=O)cc1. The van der Waals surface area contributed by atoms with Gasteiger partial charge in [0.15, 0.2) is 5.78 Å². The van der Waals surface area contributed by atoms with E-state index in [2.05, 4.69) is 4.98 Å². The molecule has 0 radical (unpaired) electrons. The molecular weight excluding hydrogens is 522 g/mol. The summed E-state index contributed by atoms with van der Waals surface area (Å²) < 4.78 is 27.8. The number of ketones is 1. The molecule has 2 N–H and O–H groups in total. The molecule has 202 valence electrons. The van der Waals surface area contributed by atoms with Gasteiger partial charge < -0.3 is 15.0 Å². The van der Waals surface area contributed by atoms with Crippen LogP contribution in [0.2, 0.25) is 0 Å². The zero-order chi connectivity index (χ0) is 28.4. The van der Waals surface area contributed by atoms with Gasteiger partial charge in [-0.3, -0.25) is 9.59 Å². The summed E-state index contributed by atoms with van der Waals surface area (Å²) in [6.07, 6.45) is 0.311. The first-order valence-corrected chi connectivity index (χ1v) is 13.3. The van der Waals surface area contributed by atoms with Crippen LogP contribution in [0.1, 0.15) is 34.0 Å². The molecule has 41 heavy (non-hydrogen) atoms. The Kier molecular flexibility index (Phi) is 5.64. The number of nitrogens with one attached hydrogen (secondary N) is 1. The molecule has 0 spiro atoms. The predicted octanol–water partition coefficient (Wildman–Crippen LogP) is 6.82. The third-order valence-corrected chi connectivity index (χ3v) is 8.11. The number of para-hydroxylation sites is 1. The highest BCUT2D eigenvalue weighted by Crippen LogP contribution is 2.45. The quantitative estimate of drug-likeness (QED) is 0.148. The molecule has 4 aromatic carbocycles. The maximum absolute atomic E-state index is 14.0. The Labute approximate surface area is 234 Å². The summed E-state index contributed by atoms with van der Waals surface area (Å²) in [6, 6.07) is 23.8. The Bertz CT molecular complexity index is 1890. The van der Waals surface area contributed by atoms with Gasteiger partial charge in [-0.1, -0.05) is 72.3 Å². The lowest BCUT2D eigenvalue weighted by molar-refractivity contribution is -0.129. The number of Topliss-reactive ketones (excluding diaryl/α,β-unsaturated/α-hetero) is 1. The van der Waals surface area contributed by atoms with Crippen LogP contribution in [0.5, 0.6) is 0 Å². The standard InChI is InChI=1S/C34H24F2N2O3/c1-18-6-8-21(9-7-18)32(39)29-33(40)28-17-26-25-4-2-3-5-27(25)37-30(26)31(38(28)34(29)41)20-12-10-19(11-13-20)22-14-23(35)16-24(36)15-22/h2-16,28,31,37,39H,17H2,1H3/b32-29-/t28-,31+/m0/s1. The van der Waals surface area contributed by atoms with Gasteiger partial charge in [0.25, 0.3) is 5.91 Å². The number of aliphatic hydroxyl groups is 1. The largest absolute Gasteiger partial charge is 0.506 e. The Morgan fingerprint density at radius 1 is 0.878 bits per heavy atom. The van der Waals surface area contributed by atoms with Gasteiger partial charge in [-0.05, 0) is 47.4 Å². The topological polar surface area (TPSA) is 73.4 Å². The number of aryl methyl sites for hydroxylation is 1. The third-order valence-electron chi connectivity index (χ3n) is 8.11. The average molecular weight is 547 g/mol. The second kappa shape index (κ2) is 9.27. The molecule has 1 aromatic heterocycles. The molecule has 0 bridgehead atoms. The number of aliphatic hydroxyl groups excluding tert-OH is 1. The maximum atomic E-state index is 14.0. The van der Waals surface area contributed by atoms with E-state index in [9.17, 15) is 23.5 Å². The second-order valence-electron chi connectivity index (χ2n) is 10.6. The van der Waals surface area contributed by atoms with Crippen LogP contribution < -0.4 is 0 Å². The van der Waals surface area contributed by atoms with Gasteiger partial charge in [0, 0.05) is 34.6 Å². The molecule has 0 saturated carbocycles. The van der Waals surface area contributed by atoms with Crippen LogP contribution in [0, 0.1) is 18.6 Å². The minimum Gasteiger partial charge on any atom is -0.506 e. The number of H-pyrrole nitrogens is 1. The molecule has 1 amide bonds. The first-order valence-electron chi connectivity index (χ1n) is 13.3. The van der Waals surface area contributed by atoms with Crippen LogP contribution in [0.25, 0.3) is 27.8 Å². The fraction of sp³-hybridized carbons (Fsp3) is 0.118. The summed E-state index contributed by atoms with van der Waals surface area (Å²) >= 11 is 0. The number of carbonyl (C=O) groups excluding carboxylic acids is 2. The lowest BCUT2D eigenvalue weighted by atomic mass is 9.88. The molecule has 5 nitrogen and oxygen atoms in total. The number of hydrogen-bond acceptors (Lipinski definition) is 3. The monoisotopic (exact) mass is 546 g/mol. The first-order chi connectivity index (χ1) is 19.8. The number of fused-ring (bicyclic) bond motifs is 4. The van der Waals surface area contributed by atoms with Crippen molar-refractivity contribution in [1.82, 2.24) is 9.88 Å². The van der Waals surface area contributed by atoms with Gasteiger partial charge in [-0.2, -0.15) is 0 Å². The van der Waals surface area contributed by atoms with Gasteiger partial charge in [-0.25, -0.2) is 8.78 Å². The van der Waals surface area contributed by atoms with Crippen LogP contribution in [0.4, 0.5) is 8.78 Å². The number of aromatic nitrogens is 1. The molecule has 7 rings (SSSR count). The average Bonchev–Trinajstić information content (AvgIpc) is 3.45. The highest BCUT2D eigenvalue weighted by Gasteiger charge is 2.52. The number of nitrogens with zero attached hydrogens (tertiary/aromatic N) is 1. The summed E-state index contributed by atoms with van der Waals surface area (Å²) in [5, 5.41) is 12.1. The van der Waals surface area contributed by atoms with E-state index < -0.39 is 35.4 Å². The summed E-state index contributed by atoms with van der Waals surface area (Å²) in [5.74, 6) is -2.62. The molecule has 0 unspecified atom stereocenters. The van der Waals surface area contributed by atoms with Crippen molar-refractivity contribution in [3.63, 3.8) is 0 Å². The van der Waals surface area contributed by atoms with Gasteiger partial charge in [0.05, 0.1) is 6.04 Å². The number of hydrogen-bond donors (Lipinski definition) is 2. The molecule has 0 aliphatic carbocycles. The Morgan fingerprint density at radius 2 is 1.56 bits per heavy atom. The van der Waals surface area contributed by atoms with E-state index in [-0.39, 0.29) is 11.3 Å². The van der Waals surface area contributed by atoms with Gasteiger partial charge in [0.1, 0.15) is 29.0 Å². The molecular formula is C34H24F2N2O3. The molecule has 1 fully saturated rings. The van der Waals surface area contributed by atoms with Crippen LogP contribution in [0.15, 0.2) is 96.6 Å². The first kappa shape index (κ1) is 25.0. The third kappa shape index (κ3) is 3.96. The van der Waals surface area contributed by atoms with Crippen molar-refractivity contribution in [2.75, 3.05) is 0 Å². The van der Waals surface area contributed by atoms with E-state index in [1.165, 1.54) is 12.1 Å². The predicted molar refractivity (Wildman–Crippen MR) is 152 cm³/mol. The summed E-state index contributed by atoms with van der Waals surface area (Å²) in [5.41, 5.74) is 5.53.